The number of rotatable bonds is 2. The molecular weight excluding hydrogens is 182 g/mol. The Morgan fingerprint density at radius 1 is 1.27 bits per heavy atom. The molecule has 1 heteroatoms. The van der Waals surface area contributed by atoms with Gasteiger partial charge >= 0.3 is 0 Å². The molecule has 1 nitrogen and oxygen atoms in total. The molecule has 0 fully saturated rings. The Labute approximate surface area is 90.5 Å². The molecule has 75 valence electrons. The minimum atomic E-state index is 0.311. The fraction of sp³-hybridized carbons (Fsp3) is 0.143. The van der Waals surface area contributed by atoms with E-state index in [4.69, 9.17) is 0 Å². The van der Waals surface area contributed by atoms with Gasteiger partial charge in [0.2, 0.25) is 0 Å². The molecule has 0 spiro atoms. The highest BCUT2D eigenvalue weighted by Gasteiger charge is 1.97. The van der Waals surface area contributed by atoms with Gasteiger partial charge in [-0.25, -0.2) is 0 Å². The van der Waals surface area contributed by atoms with Gasteiger partial charge in [0, 0.05) is 11.6 Å². The molecule has 0 bridgehead atoms. The highest BCUT2D eigenvalue weighted by atomic mass is 14.7. The monoisotopic (exact) mass is 196 g/mol. The zero-order chi connectivity index (χ0) is 10.7. The first-order valence-electron chi connectivity index (χ1n) is 5.12. The van der Waals surface area contributed by atoms with Crippen LogP contribution in [0.15, 0.2) is 42.6 Å². The Balaban J connectivity index is 2.51. The summed E-state index contributed by atoms with van der Waals surface area (Å²) in [6.07, 6.45) is 5.95. The summed E-state index contributed by atoms with van der Waals surface area (Å²) in [7, 11) is 0. The van der Waals surface area contributed by atoms with Crippen LogP contribution in [-0.2, 0) is 0 Å². The van der Waals surface area contributed by atoms with Gasteiger partial charge in [-0.05, 0) is 30.4 Å². The van der Waals surface area contributed by atoms with Crippen LogP contribution >= 0.6 is 0 Å². The van der Waals surface area contributed by atoms with Gasteiger partial charge in [0.25, 0.3) is 0 Å². The van der Waals surface area contributed by atoms with Crippen molar-refractivity contribution in [3.05, 3.63) is 55.2 Å². The van der Waals surface area contributed by atoms with E-state index < -0.39 is 0 Å². The molecule has 2 rings (SSSR count). The summed E-state index contributed by atoms with van der Waals surface area (Å²) in [6.45, 7) is 5.98. The number of hydrogen-bond acceptors (Lipinski definition) is 1. The molecule has 1 unspecified atom stereocenters. The fourth-order valence-electron chi connectivity index (χ4n) is 1.53. The van der Waals surface area contributed by atoms with Crippen molar-refractivity contribution in [3.63, 3.8) is 0 Å². The van der Waals surface area contributed by atoms with Crippen LogP contribution in [0.3, 0.4) is 0 Å². The Hall–Kier alpha value is -1.63. The fourth-order valence-corrected chi connectivity index (χ4v) is 1.53. The maximum atomic E-state index is 4.36. The number of fused-ring (bicyclic) bond motifs is 1. The number of benzene rings is 1. The molecule has 0 saturated carbocycles. The number of hydrogen-bond donors (Lipinski definition) is 0. The summed E-state index contributed by atoms with van der Waals surface area (Å²) >= 11 is 0. The second kappa shape index (κ2) is 4.26. The SMILES string of the molecule is [CH2]C(C)/C=C/c1nccc2ccccc12. The van der Waals surface area contributed by atoms with Gasteiger partial charge in [0.1, 0.15) is 0 Å². The van der Waals surface area contributed by atoms with Crippen molar-refractivity contribution < 1.29 is 0 Å². The Morgan fingerprint density at radius 2 is 2.07 bits per heavy atom. The van der Waals surface area contributed by atoms with Gasteiger partial charge in [-0.3, -0.25) is 4.98 Å². The van der Waals surface area contributed by atoms with Gasteiger partial charge in [-0.15, -0.1) is 0 Å². The first-order valence-corrected chi connectivity index (χ1v) is 5.12. The van der Waals surface area contributed by atoms with Gasteiger partial charge in [0.05, 0.1) is 5.69 Å². The predicted octanol–water partition coefficient (Wildman–Crippen LogP) is 3.72. The first-order chi connectivity index (χ1) is 7.27. The predicted molar refractivity (Wildman–Crippen MR) is 65.3 cm³/mol. The van der Waals surface area contributed by atoms with E-state index in [1.165, 1.54) is 10.8 Å². The zero-order valence-corrected chi connectivity index (χ0v) is 8.85. The topological polar surface area (TPSA) is 12.9 Å². The van der Waals surface area contributed by atoms with Gasteiger partial charge in [0.15, 0.2) is 0 Å². The molecule has 1 aromatic carbocycles. The van der Waals surface area contributed by atoms with Crippen molar-refractivity contribution in [1.82, 2.24) is 4.98 Å². The molecule has 0 aliphatic heterocycles. The van der Waals surface area contributed by atoms with Crippen molar-refractivity contribution >= 4 is 16.8 Å². The molecule has 0 aliphatic rings. The van der Waals surface area contributed by atoms with Gasteiger partial charge in [-0.2, -0.15) is 0 Å². The second-order valence-corrected chi connectivity index (χ2v) is 3.75. The van der Waals surface area contributed by atoms with Crippen molar-refractivity contribution in [2.24, 2.45) is 5.92 Å². The number of nitrogens with zero attached hydrogens (tertiary/aromatic N) is 1. The van der Waals surface area contributed by atoms with E-state index >= 15 is 0 Å². The van der Waals surface area contributed by atoms with E-state index in [0.29, 0.717) is 5.92 Å². The van der Waals surface area contributed by atoms with E-state index in [0.717, 1.165) is 5.69 Å². The standard InChI is InChI=1S/C14H14N/c1-11(2)7-8-14-13-6-4-3-5-12(13)9-10-15-14/h3-11H,1H2,2H3/b8-7+. The highest BCUT2D eigenvalue weighted by Crippen LogP contribution is 2.17. The summed E-state index contributed by atoms with van der Waals surface area (Å²) < 4.78 is 0. The average molecular weight is 196 g/mol. The van der Waals surface area contributed by atoms with Crippen LogP contribution in [0, 0.1) is 12.8 Å². The lowest BCUT2D eigenvalue weighted by Crippen LogP contribution is -1.84. The van der Waals surface area contributed by atoms with Crippen LogP contribution < -0.4 is 0 Å². The Kier molecular flexibility index (Phi) is 2.82. The molecule has 1 radical (unpaired) electrons. The largest absolute Gasteiger partial charge is 0.256 e. The maximum absolute atomic E-state index is 4.36. The van der Waals surface area contributed by atoms with E-state index in [2.05, 4.69) is 37.0 Å². The van der Waals surface area contributed by atoms with Crippen molar-refractivity contribution in [2.45, 2.75) is 6.92 Å². The highest BCUT2D eigenvalue weighted by molar-refractivity contribution is 5.88. The average Bonchev–Trinajstić information content (AvgIpc) is 2.26. The second-order valence-electron chi connectivity index (χ2n) is 3.75. The van der Waals surface area contributed by atoms with Crippen LogP contribution in [0.25, 0.3) is 16.8 Å². The number of pyridine rings is 1. The third kappa shape index (κ3) is 2.24. The molecule has 0 saturated heterocycles. The van der Waals surface area contributed by atoms with E-state index in [1.54, 1.807) is 0 Å². The van der Waals surface area contributed by atoms with Crippen LogP contribution in [-0.4, -0.2) is 4.98 Å². The lowest BCUT2D eigenvalue weighted by molar-refractivity contribution is 0.941. The van der Waals surface area contributed by atoms with Crippen molar-refractivity contribution in [3.8, 4) is 0 Å². The third-order valence-electron chi connectivity index (χ3n) is 2.29. The van der Waals surface area contributed by atoms with E-state index in [1.807, 2.05) is 30.5 Å². The summed E-state index contributed by atoms with van der Waals surface area (Å²) in [5.74, 6) is 0.311. The van der Waals surface area contributed by atoms with Crippen molar-refractivity contribution in [2.75, 3.05) is 0 Å². The Morgan fingerprint density at radius 3 is 2.87 bits per heavy atom. The van der Waals surface area contributed by atoms with Gasteiger partial charge < -0.3 is 0 Å². The molecule has 0 amide bonds. The minimum Gasteiger partial charge on any atom is -0.256 e. The summed E-state index contributed by atoms with van der Waals surface area (Å²) in [4.78, 5) is 4.36. The molecule has 1 heterocycles. The van der Waals surface area contributed by atoms with Crippen LogP contribution in [0.4, 0.5) is 0 Å². The first kappa shape index (κ1) is 9.91. The van der Waals surface area contributed by atoms with E-state index in [-0.39, 0.29) is 0 Å². The van der Waals surface area contributed by atoms with Gasteiger partial charge in [-0.1, -0.05) is 37.3 Å². The number of allylic oxidation sites excluding steroid dienone is 1. The quantitative estimate of drug-likeness (QED) is 0.713. The van der Waals surface area contributed by atoms with Crippen LogP contribution in [0.5, 0.6) is 0 Å². The third-order valence-corrected chi connectivity index (χ3v) is 2.29. The molecule has 1 aromatic heterocycles. The zero-order valence-electron chi connectivity index (χ0n) is 8.85. The maximum Gasteiger partial charge on any atom is 0.0704 e. The molecule has 1 atom stereocenters. The molecule has 15 heavy (non-hydrogen) atoms. The lowest BCUT2D eigenvalue weighted by atomic mass is 10.1. The smallest absolute Gasteiger partial charge is 0.0704 e. The van der Waals surface area contributed by atoms with Crippen LogP contribution in [0.2, 0.25) is 0 Å². The van der Waals surface area contributed by atoms with Crippen molar-refractivity contribution in [1.29, 1.82) is 0 Å². The molecule has 0 N–H and O–H groups in total. The summed E-state index contributed by atoms with van der Waals surface area (Å²) in [6, 6.07) is 10.3. The molecule has 2 aromatic rings. The normalized spacial score (nSPS) is 11.7. The molecule has 0 aliphatic carbocycles. The van der Waals surface area contributed by atoms with Crippen LogP contribution in [0.1, 0.15) is 12.6 Å². The summed E-state index contributed by atoms with van der Waals surface area (Å²) in [5.41, 5.74) is 1.02. The van der Waals surface area contributed by atoms with E-state index in [9.17, 15) is 0 Å². The Bertz CT molecular complexity index is 478. The minimum absolute atomic E-state index is 0.311. The molecular formula is C14H14N. The lowest BCUT2D eigenvalue weighted by Gasteiger charge is -2.01. The summed E-state index contributed by atoms with van der Waals surface area (Å²) in [5, 5.41) is 2.42. The number of aromatic nitrogens is 1.